The lowest BCUT2D eigenvalue weighted by Crippen LogP contribution is -2.52. The fraction of sp³-hybridized carbons (Fsp3) is 0.636. The minimum Gasteiger partial charge on any atom is -0.497 e. The number of benzene rings is 1. The average Bonchev–Trinajstić information content (AvgIpc) is 2.76. The molecule has 2 fully saturated rings. The maximum atomic E-state index is 12.3. The Labute approximate surface area is 177 Å². The van der Waals surface area contributed by atoms with Gasteiger partial charge < -0.3 is 30.5 Å². The topological polar surface area (TPSA) is 109 Å². The summed E-state index contributed by atoms with van der Waals surface area (Å²) in [4.78, 5) is 24.7. The van der Waals surface area contributed by atoms with Crippen molar-refractivity contribution in [2.75, 3.05) is 19.0 Å². The Balaban J connectivity index is 1.43. The van der Waals surface area contributed by atoms with Crippen LogP contribution in [0.4, 0.5) is 10.5 Å². The maximum Gasteiger partial charge on any atom is 0.319 e. The van der Waals surface area contributed by atoms with Gasteiger partial charge in [0.05, 0.1) is 32.3 Å². The van der Waals surface area contributed by atoms with Gasteiger partial charge in [-0.3, -0.25) is 4.79 Å². The van der Waals surface area contributed by atoms with E-state index in [4.69, 9.17) is 9.47 Å². The minimum absolute atomic E-state index is 0.00671. The lowest BCUT2D eigenvalue weighted by atomic mass is 9.94. The van der Waals surface area contributed by atoms with E-state index >= 15 is 0 Å². The van der Waals surface area contributed by atoms with Gasteiger partial charge in [0.2, 0.25) is 5.91 Å². The quantitative estimate of drug-likeness (QED) is 0.543. The van der Waals surface area contributed by atoms with Crippen molar-refractivity contribution in [2.24, 2.45) is 0 Å². The van der Waals surface area contributed by atoms with E-state index in [1.165, 1.54) is 19.3 Å². The van der Waals surface area contributed by atoms with Gasteiger partial charge in [-0.1, -0.05) is 19.3 Å². The molecular weight excluding hydrogens is 386 g/mol. The number of ether oxygens (including phenoxy) is 2. The number of aliphatic hydroxyl groups is 1. The number of rotatable bonds is 7. The molecule has 1 aliphatic carbocycles. The highest BCUT2D eigenvalue weighted by Gasteiger charge is 2.33. The molecule has 0 unspecified atom stereocenters. The Morgan fingerprint density at radius 2 is 1.80 bits per heavy atom. The predicted molar refractivity (Wildman–Crippen MR) is 114 cm³/mol. The normalized spacial score (nSPS) is 24.7. The maximum absolute atomic E-state index is 12.3. The molecule has 0 spiro atoms. The van der Waals surface area contributed by atoms with E-state index in [1.807, 2.05) is 0 Å². The molecule has 30 heavy (non-hydrogen) atoms. The van der Waals surface area contributed by atoms with Crippen molar-refractivity contribution < 1.29 is 24.2 Å². The summed E-state index contributed by atoms with van der Waals surface area (Å²) in [6.07, 6.45) is 6.49. The van der Waals surface area contributed by atoms with E-state index in [0.717, 1.165) is 12.8 Å². The van der Waals surface area contributed by atoms with Crippen LogP contribution in [0.15, 0.2) is 24.3 Å². The van der Waals surface area contributed by atoms with Crippen molar-refractivity contribution >= 4 is 17.6 Å². The standard InChI is InChI=1S/C22H33N3O5/c1-29-17-9-7-16(8-10-17)24-22(28)25-19-12-11-18(30-20(19)14-26)13-21(27)23-15-5-3-2-4-6-15/h7-10,15,18-20,26H,2-6,11-14H2,1H3,(H,23,27)(H2,24,25,28)/t18-,19-,20+/m0/s1. The second-order valence-corrected chi connectivity index (χ2v) is 8.10. The van der Waals surface area contributed by atoms with Crippen LogP contribution >= 0.6 is 0 Å². The zero-order valence-corrected chi connectivity index (χ0v) is 17.6. The molecule has 166 valence electrons. The largest absolute Gasteiger partial charge is 0.497 e. The molecule has 1 saturated heterocycles. The number of aliphatic hydroxyl groups excluding tert-OH is 1. The van der Waals surface area contributed by atoms with E-state index in [1.54, 1.807) is 31.4 Å². The average molecular weight is 420 g/mol. The molecule has 0 radical (unpaired) electrons. The van der Waals surface area contributed by atoms with Crippen LogP contribution in [0, 0.1) is 0 Å². The Morgan fingerprint density at radius 3 is 2.47 bits per heavy atom. The number of methoxy groups -OCH3 is 1. The Morgan fingerprint density at radius 1 is 1.07 bits per heavy atom. The molecule has 2 aliphatic rings. The summed E-state index contributed by atoms with van der Waals surface area (Å²) >= 11 is 0. The first kappa shape index (κ1) is 22.4. The highest BCUT2D eigenvalue weighted by Crippen LogP contribution is 2.23. The van der Waals surface area contributed by atoms with Crippen LogP contribution in [0.25, 0.3) is 0 Å². The first-order valence-corrected chi connectivity index (χ1v) is 10.8. The smallest absolute Gasteiger partial charge is 0.319 e. The summed E-state index contributed by atoms with van der Waals surface area (Å²) in [5, 5.41) is 18.5. The SMILES string of the molecule is COc1ccc(NC(=O)N[C@H]2CC[C@@H](CC(=O)NC3CCCCC3)O[C@@H]2CO)cc1. The molecular formula is C22H33N3O5. The highest BCUT2D eigenvalue weighted by atomic mass is 16.5. The summed E-state index contributed by atoms with van der Waals surface area (Å²) in [6, 6.07) is 6.63. The van der Waals surface area contributed by atoms with Crippen molar-refractivity contribution in [3.05, 3.63) is 24.3 Å². The third kappa shape index (κ3) is 6.60. The lowest BCUT2D eigenvalue weighted by molar-refractivity contribution is -0.131. The van der Waals surface area contributed by atoms with Crippen LogP contribution in [0.5, 0.6) is 5.75 Å². The third-order valence-electron chi connectivity index (χ3n) is 5.84. The second kappa shape index (κ2) is 11.2. The Hall–Kier alpha value is -2.32. The van der Waals surface area contributed by atoms with E-state index in [0.29, 0.717) is 24.3 Å². The number of amides is 3. The summed E-state index contributed by atoms with van der Waals surface area (Å²) < 4.78 is 11.0. The molecule has 0 aromatic heterocycles. The molecule has 1 saturated carbocycles. The van der Waals surface area contributed by atoms with Gasteiger partial charge >= 0.3 is 6.03 Å². The van der Waals surface area contributed by atoms with Crippen molar-refractivity contribution in [1.82, 2.24) is 10.6 Å². The van der Waals surface area contributed by atoms with E-state index in [-0.39, 0.29) is 43.2 Å². The van der Waals surface area contributed by atoms with Gasteiger partial charge in [0.25, 0.3) is 0 Å². The molecule has 1 aromatic rings. The lowest BCUT2D eigenvalue weighted by Gasteiger charge is -2.36. The highest BCUT2D eigenvalue weighted by molar-refractivity contribution is 5.89. The van der Waals surface area contributed by atoms with Gasteiger partial charge in [0, 0.05) is 11.7 Å². The second-order valence-electron chi connectivity index (χ2n) is 8.10. The van der Waals surface area contributed by atoms with Gasteiger partial charge in [-0.15, -0.1) is 0 Å². The fourth-order valence-corrected chi connectivity index (χ4v) is 4.20. The number of carbonyl (C=O) groups is 2. The van der Waals surface area contributed by atoms with Gasteiger partial charge in [0.15, 0.2) is 0 Å². The van der Waals surface area contributed by atoms with Gasteiger partial charge in [-0.2, -0.15) is 0 Å². The molecule has 4 N–H and O–H groups in total. The minimum atomic E-state index is -0.534. The van der Waals surface area contributed by atoms with Crippen molar-refractivity contribution in [3.63, 3.8) is 0 Å². The Kier molecular flexibility index (Phi) is 8.33. The fourth-order valence-electron chi connectivity index (χ4n) is 4.20. The number of urea groups is 1. The zero-order chi connectivity index (χ0) is 21.3. The van der Waals surface area contributed by atoms with Crippen LogP contribution in [-0.4, -0.2) is 55.1 Å². The summed E-state index contributed by atoms with van der Waals surface area (Å²) in [7, 11) is 1.58. The van der Waals surface area contributed by atoms with Crippen LogP contribution in [-0.2, 0) is 9.53 Å². The summed E-state index contributed by atoms with van der Waals surface area (Å²) in [5.74, 6) is 0.716. The van der Waals surface area contributed by atoms with Crippen LogP contribution in [0.3, 0.4) is 0 Å². The zero-order valence-electron chi connectivity index (χ0n) is 17.6. The first-order valence-electron chi connectivity index (χ1n) is 10.8. The number of nitrogens with one attached hydrogen (secondary N) is 3. The number of hydrogen-bond donors (Lipinski definition) is 4. The van der Waals surface area contributed by atoms with Crippen molar-refractivity contribution in [3.8, 4) is 5.75 Å². The van der Waals surface area contributed by atoms with E-state index in [9.17, 15) is 14.7 Å². The van der Waals surface area contributed by atoms with Crippen LogP contribution in [0.2, 0.25) is 0 Å². The van der Waals surface area contributed by atoms with Crippen molar-refractivity contribution in [1.29, 1.82) is 0 Å². The van der Waals surface area contributed by atoms with Crippen LogP contribution in [0.1, 0.15) is 51.4 Å². The molecule has 1 aliphatic heterocycles. The molecule has 8 nitrogen and oxygen atoms in total. The van der Waals surface area contributed by atoms with Crippen molar-refractivity contribution in [2.45, 2.75) is 75.7 Å². The number of anilines is 1. The Bertz CT molecular complexity index is 691. The van der Waals surface area contributed by atoms with Crippen LogP contribution < -0.4 is 20.7 Å². The molecule has 3 atom stereocenters. The first-order chi connectivity index (χ1) is 14.6. The van der Waals surface area contributed by atoms with Gasteiger partial charge in [-0.25, -0.2) is 4.79 Å². The molecule has 3 amide bonds. The third-order valence-corrected chi connectivity index (χ3v) is 5.84. The van der Waals surface area contributed by atoms with Gasteiger partial charge in [-0.05, 0) is 49.9 Å². The monoisotopic (exact) mass is 419 g/mol. The van der Waals surface area contributed by atoms with E-state index in [2.05, 4.69) is 16.0 Å². The molecule has 3 rings (SSSR count). The number of carbonyl (C=O) groups excluding carboxylic acids is 2. The van der Waals surface area contributed by atoms with E-state index < -0.39 is 6.10 Å². The number of hydrogen-bond acceptors (Lipinski definition) is 5. The summed E-state index contributed by atoms with van der Waals surface area (Å²) in [6.45, 7) is -0.214. The molecule has 8 heteroatoms. The summed E-state index contributed by atoms with van der Waals surface area (Å²) in [5.41, 5.74) is 0.642. The molecule has 1 heterocycles. The molecule has 0 bridgehead atoms. The molecule has 1 aromatic carbocycles. The van der Waals surface area contributed by atoms with Gasteiger partial charge in [0.1, 0.15) is 11.9 Å². The predicted octanol–water partition coefficient (Wildman–Crippen LogP) is 2.56.